The van der Waals surface area contributed by atoms with Gasteiger partial charge < -0.3 is 15.4 Å². The van der Waals surface area contributed by atoms with Crippen molar-refractivity contribution in [2.75, 3.05) is 17.7 Å². The normalized spacial score (nSPS) is 11.6. The average Bonchev–Trinajstić information content (AvgIpc) is 2.51. The Kier molecular flexibility index (Phi) is 5.28. The number of benzene rings is 2. The number of carbonyl (C=O) groups excluding carboxylic acids is 1. The summed E-state index contributed by atoms with van der Waals surface area (Å²) in [5.41, 5.74) is 2.54. The molecule has 0 radical (unpaired) electrons. The van der Waals surface area contributed by atoms with E-state index in [0.29, 0.717) is 5.02 Å². The highest BCUT2D eigenvalue weighted by molar-refractivity contribution is 6.31. The van der Waals surface area contributed by atoms with E-state index in [0.717, 1.165) is 22.7 Å². The molecule has 0 saturated heterocycles. The largest absolute Gasteiger partial charge is 0.497 e. The Morgan fingerprint density at radius 2 is 1.77 bits per heavy atom. The predicted molar refractivity (Wildman–Crippen MR) is 90.9 cm³/mol. The fraction of sp³-hybridized carbons (Fsp3) is 0.235. The topological polar surface area (TPSA) is 50.4 Å². The van der Waals surface area contributed by atoms with Gasteiger partial charge in [-0.05, 0) is 55.8 Å². The standard InChI is InChI=1S/C17H19ClN2O2/c1-11-4-5-14(10-16(11)18)19-12(2)17(21)20-13-6-8-15(22-3)9-7-13/h4-10,12,19H,1-3H3,(H,20,21)/t12-/m0/s1. The molecule has 4 nitrogen and oxygen atoms in total. The number of hydrogen-bond acceptors (Lipinski definition) is 3. The lowest BCUT2D eigenvalue weighted by atomic mass is 10.2. The fourth-order valence-corrected chi connectivity index (χ4v) is 2.10. The number of nitrogens with one attached hydrogen (secondary N) is 2. The average molecular weight is 319 g/mol. The summed E-state index contributed by atoms with van der Waals surface area (Å²) in [6, 6.07) is 12.4. The zero-order chi connectivity index (χ0) is 16.1. The molecule has 0 aliphatic carbocycles. The maximum atomic E-state index is 12.2. The van der Waals surface area contributed by atoms with Crippen LogP contribution in [0, 0.1) is 6.92 Å². The summed E-state index contributed by atoms with van der Waals surface area (Å²) in [7, 11) is 1.60. The van der Waals surface area contributed by atoms with Gasteiger partial charge in [0.15, 0.2) is 0 Å². The van der Waals surface area contributed by atoms with Gasteiger partial charge >= 0.3 is 0 Å². The first-order valence-electron chi connectivity index (χ1n) is 6.97. The van der Waals surface area contributed by atoms with E-state index in [2.05, 4.69) is 10.6 Å². The van der Waals surface area contributed by atoms with Gasteiger partial charge in [-0.2, -0.15) is 0 Å². The highest BCUT2D eigenvalue weighted by Crippen LogP contribution is 2.21. The van der Waals surface area contributed by atoms with Gasteiger partial charge in [0.25, 0.3) is 0 Å². The van der Waals surface area contributed by atoms with E-state index >= 15 is 0 Å². The van der Waals surface area contributed by atoms with E-state index < -0.39 is 0 Å². The van der Waals surface area contributed by atoms with E-state index in [1.165, 1.54) is 0 Å². The van der Waals surface area contributed by atoms with Crippen molar-refractivity contribution in [3.63, 3.8) is 0 Å². The van der Waals surface area contributed by atoms with E-state index in [1.807, 2.05) is 25.1 Å². The van der Waals surface area contributed by atoms with E-state index in [-0.39, 0.29) is 11.9 Å². The van der Waals surface area contributed by atoms with Crippen LogP contribution in [-0.4, -0.2) is 19.1 Å². The lowest BCUT2D eigenvalue weighted by molar-refractivity contribution is -0.116. The van der Waals surface area contributed by atoms with Crippen LogP contribution in [0.15, 0.2) is 42.5 Å². The number of carbonyl (C=O) groups is 1. The van der Waals surface area contributed by atoms with Crippen LogP contribution in [0.1, 0.15) is 12.5 Å². The molecule has 0 aliphatic rings. The summed E-state index contributed by atoms with van der Waals surface area (Å²) in [4.78, 5) is 12.2. The Morgan fingerprint density at radius 1 is 1.14 bits per heavy atom. The Morgan fingerprint density at radius 3 is 2.36 bits per heavy atom. The molecule has 2 N–H and O–H groups in total. The summed E-state index contributed by atoms with van der Waals surface area (Å²) in [6.45, 7) is 3.73. The van der Waals surface area contributed by atoms with Gasteiger partial charge in [0.1, 0.15) is 11.8 Å². The van der Waals surface area contributed by atoms with Gasteiger partial charge in [-0.15, -0.1) is 0 Å². The maximum absolute atomic E-state index is 12.2. The van der Waals surface area contributed by atoms with Crippen LogP contribution in [0.4, 0.5) is 11.4 Å². The van der Waals surface area contributed by atoms with E-state index in [1.54, 1.807) is 38.3 Å². The molecule has 0 aliphatic heterocycles. The van der Waals surface area contributed by atoms with Gasteiger partial charge in [-0.1, -0.05) is 17.7 Å². The van der Waals surface area contributed by atoms with Crippen molar-refractivity contribution >= 4 is 28.9 Å². The summed E-state index contributed by atoms with van der Waals surface area (Å²) < 4.78 is 5.08. The third kappa shape index (κ3) is 4.15. The van der Waals surface area contributed by atoms with Gasteiger partial charge in [0, 0.05) is 16.4 Å². The molecule has 116 valence electrons. The third-order valence-electron chi connectivity index (χ3n) is 3.31. The van der Waals surface area contributed by atoms with Crippen molar-refractivity contribution in [2.45, 2.75) is 19.9 Å². The highest BCUT2D eigenvalue weighted by Gasteiger charge is 2.13. The van der Waals surface area contributed by atoms with Gasteiger partial charge in [-0.25, -0.2) is 0 Å². The van der Waals surface area contributed by atoms with Crippen LogP contribution < -0.4 is 15.4 Å². The molecule has 0 unspecified atom stereocenters. The quantitative estimate of drug-likeness (QED) is 0.872. The van der Waals surface area contributed by atoms with E-state index in [4.69, 9.17) is 16.3 Å². The number of aryl methyl sites for hydroxylation is 1. The Balaban J connectivity index is 1.97. The molecule has 0 fully saturated rings. The molecular weight excluding hydrogens is 300 g/mol. The summed E-state index contributed by atoms with van der Waals surface area (Å²) in [6.07, 6.45) is 0. The molecule has 5 heteroatoms. The highest BCUT2D eigenvalue weighted by atomic mass is 35.5. The summed E-state index contributed by atoms with van der Waals surface area (Å²) in [5, 5.41) is 6.65. The Bertz CT molecular complexity index is 656. The van der Waals surface area contributed by atoms with Gasteiger partial charge in [0.05, 0.1) is 7.11 Å². The third-order valence-corrected chi connectivity index (χ3v) is 3.71. The Hall–Kier alpha value is -2.20. The number of anilines is 2. The monoisotopic (exact) mass is 318 g/mol. The molecular formula is C17H19ClN2O2. The van der Waals surface area contributed by atoms with Crippen molar-refractivity contribution in [3.05, 3.63) is 53.1 Å². The number of hydrogen-bond donors (Lipinski definition) is 2. The molecule has 1 atom stereocenters. The number of rotatable bonds is 5. The predicted octanol–water partition coefficient (Wildman–Crippen LogP) is 4.10. The van der Waals surface area contributed by atoms with Gasteiger partial charge in [0.2, 0.25) is 5.91 Å². The van der Waals surface area contributed by atoms with Crippen molar-refractivity contribution in [1.82, 2.24) is 0 Å². The van der Waals surface area contributed by atoms with Crippen molar-refractivity contribution < 1.29 is 9.53 Å². The molecule has 2 aromatic rings. The molecule has 0 bridgehead atoms. The van der Waals surface area contributed by atoms with Crippen LogP contribution in [0.2, 0.25) is 5.02 Å². The maximum Gasteiger partial charge on any atom is 0.246 e. The second-order valence-electron chi connectivity index (χ2n) is 5.05. The minimum atomic E-state index is -0.388. The van der Waals surface area contributed by atoms with Crippen molar-refractivity contribution in [3.8, 4) is 5.75 Å². The first-order chi connectivity index (χ1) is 10.5. The molecule has 22 heavy (non-hydrogen) atoms. The van der Waals surface area contributed by atoms with Crippen molar-refractivity contribution in [2.24, 2.45) is 0 Å². The molecule has 0 spiro atoms. The van der Waals surface area contributed by atoms with E-state index in [9.17, 15) is 4.79 Å². The van der Waals surface area contributed by atoms with Crippen LogP contribution >= 0.6 is 11.6 Å². The molecule has 1 amide bonds. The first kappa shape index (κ1) is 16.2. The van der Waals surface area contributed by atoms with Crippen LogP contribution in [0.5, 0.6) is 5.75 Å². The number of ether oxygens (including phenoxy) is 1. The first-order valence-corrected chi connectivity index (χ1v) is 7.35. The Labute approximate surface area is 135 Å². The van der Waals surface area contributed by atoms with Gasteiger partial charge in [-0.3, -0.25) is 4.79 Å². The lowest BCUT2D eigenvalue weighted by Crippen LogP contribution is -2.31. The summed E-state index contributed by atoms with van der Waals surface area (Å²) >= 11 is 6.08. The molecule has 0 aromatic heterocycles. The second kappa shape index (κ2) is 7.18. The smallest absolute Gasteiger partial charge is 0.246 e. The lowest BCUT2D eigenvalue weighted by Gasteiger charge is -2.16. The number of amides is 1. The van der Waals surface area contributed by atoms with Crippen LogP contribution in [0.25, 0.3) is 0 Å². The minimum Gasteiger partial charge on any atom is -0.497 e. The fourth-order valence-electron chi connectivity index (χ4n) is 1.92. The second-order valence-corrected chi connectivity index (χ2v) is 5.45. The zero-order valence-electron chi connectivity index (χ0n) is 12.8. The summed E-state index contributed by atoms with van der Waals surface area (Å²) in [5.74, 6) is 0.625. The van der Waals surface area contributed by atoms with Crippen molar-refractivity contribution in [1.29, 1.82) is 0 Å². The number of methoxy groups -OCH3 is 1. The zero-order valence-corrected chi connectivity index (χ0v) is 13.6. The molecule has 2 aromatic carbocycles. The minimum absolute atomic E-state index is 0.123. The molecule has 2 rings (SSSR count). The molecule has 0 saturated carbocycles. The molecule has 0 heterocycles. The SMILES string of the molecule is COc1ccc(NC(=O)[C@H](C)Nc2ccc(C)c(Cl)c2)cc1. The van der Waals surface area contributed by atoms with Crippen LogP contribution in [0.3, 0.4) is 0 Å². The van der Waals surface area contributed by atoms with Crippen LogP contribution in [-0.2, 0) is 4.79 Å². The number of halogens is 1.